The average molecular weight is 249 g/mol. The summed E-state index contributed by atoms with van der Waals surface area (Å²) in [6, 6.07) is 3.90. The maximum atomic E-state index is 12.5. The van der Waals surface area contributed by atoms with E-state index in [1.54, 1.807) is 7.11 Å². The molecule has 1 unspecified atom stereocenters. The third-order valence-corrected chi connectivity index (χ3v) is 3.28. The van der Waals surface area contributed by atoms with Gasteiger partial charge in [0.2, 0.25) is 0 Å². The Hall–Kier alpha value is -1.35. The van der Waals surface area contributed by atoms with Crippen molar-refractivity contribution >= 4 is 5.78 Å². The molecule has 1 aromatic carbocycles. The van der Waals surface area contributed by atoms with Crippen LogP contribution in [0.15, 0.2) is 12.1 Å². The summed E-state index contributed by atoms with van der Waals surface area (Å²) in [6.45, 7) is 8.34. The molecule has 1 atom stereocenters. The molecule has 0 amide bonds. The molecule has 0 spiro atoms. The summed E-state index contributed by atoms with van der Waals surface area (Å²) in [5, 5.41) is 0. The molecule has 0 aliphatic heterocycles. The molecule has 0 aliphatic rings. The number of Topliss-reactive ketones (excluding diaryl/α,β-unsaturated/α-hetero) is 1. The van der Waals surface area contributed by atoms with Crippen LogP contribution in [0, 0.1) is 25.7 Å². The lowest BCUT2D eigenvalue weighted by Crippen LogP contribution is -2.28. The van der Waals surface area contributed by atoms with Crippen LogP contribution in [0.1, 0.15) is 35.3 Å². The average Bonchev–Trinajstić information content (AvgIpc) is 2.28. The van der Waals surface area contributed by atoms with Crippen molar-refractivity contribution in [2.24, 2.45) is 17.6 Å². The zero-order chi connectivity index (χ0) is 13.9. The highest BCUT2D eigenvalue weighted by molar-refractivity contribution is 6.01. The minimum absolute atomic E-state index is 0.0798. The first-order chi connectivity index (χ1) is 8.42. The lowest BCUT2D eigenvalue weighted by atomic mass is 9.86. The van der Waals surface area contributed by atoms with E-state index >= 15 is 0 Å². The highest BCUT2D eigenvalue weighted by Crippen LogP contribution is 2.28. The van der Waals surface area contributed by atoms with Gasteiger partial charge in [-0.2, -0.15) is 0 Å². The largest absolute Gasteiger partial charge is 0.496 e. The van der Waals surface area contributed by atoms with Gasteiger partial charge in [0.1, 0.15) is 5.75 Å². The van der Waals surface area contributed by atoms with E-state index in [0.717, 1.165) is 11.1 Å². The van der Waals surface area contributed by atoms with Crippen LogP contribution in [0.5, 0.6) is 5.75 Å². The van der Waals surface area contributed by atoms with Crippen LogP contribution < -0.4 is 10.5 Å². The first-order valence-electron chi connectivity index (χ1n) is 6.31. The van der Waals surface area contributed by atoms with Gasteiger partial charge in [0.25, 0.3) is 0 Å². The van der Waals surface area contributed by atoms with Gasteiger partial charge in [0, 0.05) is 12.5 Å². The van der Waals surface area contributed by atoms with Crippen molar-refractivity contribution < 1.29 is 9.53 Å². The lowest BCUT2D eigenvalue weighted by Gasteiger charge is -2.20. The monoisotopic (exact) mass is 249 g/mol. The minimum Gasteiger partial charge on any atom is -0.496 e. The smallest absolute Gasteiger partial charge is 0.171 e. The molecule has 1 aromatic rings. The van der Waals surface area contributed by atoms with Gasteiger partial charge in [-0.15, -0.1) is 0 Å². The fourth-order valence-corrected chi connectivity index (χ4v) is 2.29. The molecule has 0 fully saturated rings. The first-order valence-corrected chi connectivity index (χ1v) is 6.31. The molecule has 0 bridgehead atoms. The number of ether oxygens (including phenoxy) is 1. The summed E-state index contributed by atoms with van der Waals surface area (Å²) in [5.74, 6) is 0.828. The topological polar surface area (TPSA) is 52.3 Å². The van der Waals surface area contributed by atoms with E-state index in [1.807, 2.05) is 39.8 Å². The molecule has 0 aromatic heterocycles. The van der Waals surface area contributed by atoms with Gasteiger partial charge in [-0.05, 0) is 37.0 Å². The van der Waals surface area contributed by atoms with Gasteiger partial charge < -0.3 is 10.5 Å². The Morgan fingerprint density at radius 1 is 1.33 bits per heavy atom. The van der Waals surface area contributed by atoms with E-state index in [1.165, 1.54) is 0 Å². The number of hydrogen-bond donors (Lipinski definition) is 1. The van der Waals surface area contributed by atoms with Crippen LogP contribution >= 0.6 is 0 Å². The molecule has 3 heteroatoms. The molecular formula is C15H23NO2. The summed E-state index contributed by atoms with van der Waals surface area (Å²) in [7, 11) is 1.60. The Morgan fingerprint density at radius 3 is 2.39 bits per heavy atom. The molecule has 0 saturated heterocycles. The van der Waals surface area contributed by atoms with Gasteiger partial charge in [-0.25, -0.2) is 0 Å². The fourth-order valence-electron chi connectivity index (χ4n) is 2.29. The van der Waals surface area contributed by atoms with Crippen LogP contribution in [-0.4, -0.2) is 19.4 Å². The number of carbonyl (C=O) groups excluding carboxylic acids is 1. The van der Waals surface area contributed by atoms with Gasteiger partial charge in [-0.3, -0.25) is 4.79 Å². The van der Waals surface area contributed by atoms with E-state index in [2.05, 4.69) is 0 Å². The number of carbonyl (C=O) groups is 1. The Kier molecular flexibility index (Phi) is 4.91. The van der Waals surface area contributed by atoms with Crippen molar-refractivity contribution in [3.8, 4) is 5.75 Å². The molecule has 100 valence electrons. The Bertz CT molecular complexity index is 438. The van der Waals surface area contributed by atoms with Gasteiger partial charge >= 0.3 is 0 Å². The van der Waals surface area contributed by atoms with Crippen molar-refractivity contribution in [1.29, 1.82) is 0 Å². The predicted molar refractivity (Wildman–Crippen MR) is 74.2 cm³/mol. The summed E-state index contributed by atoms with van der Waals surface area (Å²) in [4.78, 5) is 12.5. The van der Waals surface area contributed by atoms with Crippen molar-refractivity contribution in [2.45, 2.75) is 27.7 Å². The van der Waals surface area contributed by atoms with Gasteiger partial charge in [0.05, 0.1) is 12.7 Å². The predicted octanol–water partition coefficient (Wildman–Crippen LogP) is 2.73. The van der Waals surface area contributed by atoms with Crippen LogP contribution in [0.25, 0.3) is 0 Å². The second-order valence-electron chi connectivity index (χ2n) is 5.11. The van der Waals surface area contributed by atoms with Crippen LogP contribution in [0.2, 0.25) is 0 Å². The van der Waals surface area contributed by atoms with Crippen LogP contribution in [-0.2, 0) is 0 Å². The summed E-state index contributed by atoms with van der Waals surface area (Å²) in [5.41, 5.74) is 8.42. The normalized spacial score (nSPS) is 12.6. The van der Waals surface area contributed by atoms with Crippen molar-refractivity contribution in [1.82, 2.24) is 0 Å². The van der Waals surface area contributed by atoms with E-state index < -0.39 is 0 Å². The van der Waals surface area contributed by atoms with E-state index in [4.69, 9.17) is 10.5 Å². The lowest BCUT2D eigenvalue weighted by molar-refractivity contribution is 0.0888. The molecule has 0 saturated carbocycles. The number of ketones is 1. The van der Waals surface area contributed by atoms with E-state index in [9.17, 15) is 4.79 Å². The van der Waals surface area contributed by atoms with Crippen molar-refractivity contribution in [3.05, 3.63) is 28.8 Å². The standard InChI is InChI=1S/C15H23NO2/c1-9(2)13(8-16)14(17)12-7-10(3)6-11(4)15(12)18-5/h6-7,9,13H,8,16H2,1-5H3. The molecular weight excluding hydrogens is 226 g/mol. The number of aryl methyl sites for hydroxylation is 2. The quantitative estimate of drug-likeness (QED) is 0.816. The van der Waals surface area contributed by atoms with Crippen LogP contribution in [0.4, 0.5) is 0 Å². The van der Waals surface area contributed by atoms with Crippen molar-refractivity contribution in [3.63, 3.8) is 0 Å². The maximum absolute atomic E-state index is 12.5. The molecule has 1 rings (SSSR count). The highest BCUT2D eigenvalue weighted by Gasteiger charge is 2.25. The zero-order valence-electron chi connectivity index (χ0n) is 11.9. The highest BCUT2D eigenvalue weighted by atomic mass is 16.5. The third kappa shape index (κ3) is 2.91. The second kappa shape index (κ2) is 6.01. The van der Waals surface area contributed by atoms with Gasteiger partial charge in [0.15, 0.2) is 5.78 Å². The fraction of sp³-hybridized carbons (Fsp3) is 0.533. The molecule has 3 nitrogen and oxygen atoms in total. The SMILES string of the molecule is COc1c(C)cc(C)cc1C(=O)C(CN)C(C)C. The Balaban J connectivity index is 3.27. The second-order valence-corrected chi connectivity index (χ2v) is 5.11. The Labute approximate surface area is 109 Å². The van der Waals surface area contributed by atoms with Crippen LogP contribution in [0.3, 0.4) is 0 Å². The van der Waals surface area contributed by atoms with Gasteiger partial charge in [-0.1, -0.05) is 19.9 Å². The van der Waals surface area contributed by atoms with E-state index in [-0.39, 0.29) is 17.6 Å². The van der Waals surface area contributed by atoms with Crippen molar-refractivity contribution in [2.75, 3.05) is 13.7 Å². The molecule has 18 heavy (non-hydrogen) atoms. The molecule has 2 N–H and O–H groups in total. The summed E-state index contributed by atoms with van der Waals surface area (Å²) in [6.07, 6.45) is 0. The van der Waals surface area contributed by atoms with E-state index in [0.29, 0.717) is 17.9 Å². The minimum atomic E-state index is -0.153. The number of rotatable bonds is 5. The third-order valence-electron chi connectivity index (χ3n) is 3.28. The first kappa shape index (κ1) is 14.7. The molecule has 0 aliphatic carbocycles. The summed E-state index contributed by atoms with van der Waals surface area (Å²) < 4.78 is 5.37. The Morgan fingerprint density at radius 2 is 1.94 bits per heavy atom. The zero-order valence-corrected chi connectivity index (χ0v) is 11.9. The molecule has 0 radical (unpaired) electrons. The molecule has 0 heterocycles. The summed E-state index contributed by atoms with van der Waals surface area (Å²) >= 11 is 0. The maximum Gasteiger partial charge on any atom is 0.171 e. The number of benzene rings is 1. The number of hydrogen-bond acceptors (Lipinski definition) is 3. The number of methoxy groups -OCH3 is 1. The number of nitrogens with two attached hydrogens (primary N) is 1.